The molecule has 270 valence electrons. The van der Waals surface area contributed by atoms with Gasteiger partial charge in [-0.05, 0) is 79.4 Å². The topological polar surface area (TPSA) is 105 Å². The fraction of sp³-hybridized carbons (Fsp3) is 0.405. The van der Waals surface area contributed by atoms with Crippen molar-refractivity contribution < 1.29 is 23.0 Å². The number of rotatable bonds is 17. The van der Waals surface area contributed by atoms with Gasteiger partial charge in [-0.2, -0.15) is 10.2 Å². The normalized spacial score (nSPS) is 14.5. The SMILES string of the molecule is CCC[C@@H](CC)n1ncn(-c2ccc(N3CCN(c4ccc(OC[C@@H](OCCc5ccc(F)cc5F)OCn5cncn5)cc4)CC3)cc2)c1=O. The number of anilines is 2. The van der Waals surface area contributed by atoms with Crippen molar-refractivity contribution in [3.8, 4) is 11.4 Å². The van der Waals surface area contributed by atoms with Crippen LogP contribution >= 0.6 is 0 Å². The molecule has 0 radical (unpaired) electrons. The zero-order chi connectivity index (χ0) is 35.6. The third-order valence-electron chi connectivity index (χ3n) is 9.04. The van der Waals surface area contributed by atoms with Crippen molar-refractivity contribution >= 4 is 11.4 Å². The molecule has 6 rings (SSSR count). The van der Waals surface area contributed by atoms with Crippen molar-refractivity contribution in [3.63, 3.8) is 0 Å². The third-order valence-corrected chi connectivity index (χ3v) is 9.04. The molecule has 0 spiro atoms. The lowest BCUT2D eigenvalue weighted by molar-refractivity contribution is -0.178. The van der Waals surface area contributed by atoms with Gasteiger partial charge >= 0.3 is 5.69 Å². The van der Waals surface area contributed by atoms with Gasteiger partial charge in [-0.15, -0.1) is 0 Å². The van der Waals surface area contributed by atoms with E-state index in [0.717, 1.165) is 68.6 Å². The lowest BCUT2D eigenvalue weighted by Gasteiger charge is -2.37. The molecule has 0 saturated carbocycles. The molecular weight excluding hydrogens is 658 g/mol. The van der Waals surface area contributed by atoms with Gasteiger partial charge in [-0.3, -0.25) is 0 Å². The molecule has 1 aliphatic heterocycles. The highest BCUT2D eigenvalue weighted by molar-refractivity contribution is 5.54. The smallest absolute Gasteiger partial charge is 0.350 e. The van der Waals surface area contributed by atoms with E-state index in [1.165, 1.54) is 29.5 Å². The van der Waals surface area contributed by atoms with Crippen molar-refractivity contribution in [2.75, 3.05) is 49.2 Å². The van der Waals surface area contributed by atoms with E-state index in [1.54, 1.807) is 15.6 Å². The van der Waals surface area contributed by atoms with Gasteiger partial charge < -0.3 is 24.0 Å². The van der Waals surface area contributed by atoms with Crippen LogP contribution in [0.1, 0.15) is 44.7 Å². The monoisotopic (exact) mass is 702 g/mol. The molecule has 3 heterocycles. The summed E-state index contributed by atoms with van der Waals surface area (Å²) < 4.78 is 49.8. The predicted octanol–water partition coefficient (Wildman–Crippen LogP) is 5.62. The molecule has 1 saturated heterocycles. The molecular formula is C37H44F2N8O4. The summed E-state index contributed by atoms with van der Waals surface area (Å²) in [4.78, 5) is 21.7. The summed E-state index contributed by atoms with van der Waals surface area (Å²) >= 11 is 0. The summed E-state index contributed by atoms with van der Waals surface area (Å²) in [7, 11) is 0. The van der Waals surface area contributed by atoms with E-state index in [0.29, 0.717) is 11.3 Å². The molecule has 12 nitrogen and oxygen atoms in total. The van der Waals surface area contributed by atoms with Gasteiger partial charge in [0.1, 0.15) is 49.7 Å². The number of piperazine rings is 1. The van der Waals surface area contributed by atoms with Crippen LogP contribution in [-0.4, -0.2) is 74.8 Å². The van der Waals surface area contributed by atoms with Crippen LogP contribution in [0.3, 0.4) is 0 Å². The first-order valence-electron chi connectivity index (χ1n) is 17.4. The Hall–Kier alpha value is -5.08. The molecule has 51 heavy (non-hydrogen) atoms. The second-order valence-corrected chi connectivity index (χ2v) is 12.4. The Morgan fingerprint density at radius 1 is 0.824 bits per heavy atom. The molecule has 3 aromatic carbocycles. The zero-order valence-electron chi connectivity index (χ0n) is 29.0. The number of hydrogen-bond donors (Lipinski definition) is 0. The average molecular weight is 703 g/mol. The Morgan fingerprint density at radius 3 is 2.14 bits per heavy atom. The van der Waals surface area contributed by atoms with E-state index in [4.69, 9.17) is 14.2 Å². The van der Waals surface area contributed by atoms with Gasteiger partial charge in [-0.25, -0.2) is 32.5 Å². The highest BCUT2D eigenvalue weighted by Gasteiger charge is 2.20. The molecule has 14 heteroatoms. The van der Waals surface area contributed by atoms with Crippen LogP contribution in [0.5, 0.6) is 5.75 Å². The second kappa shape index (κ2) is 17.2. The van der Waals surface area contributed by atoms with Crippen LogP contribution in [0.2, 0.25) is 0 Å². The van der Waals surface area contributed by atoms with Crippen LogP contribution in [0.4, 0.5) is 20.2 Å². The highest BCUT2D eigenvalue weighted by Crippen LogP contribution is 2.24. The van der Waals surface area contributed by atoms with Gasteiger partial charge in [0.25, 0.3) is 0 Å². The molecule has 1 fully saturated rings. The van der Waals surface area contributed by atoms with Crippen LogP contribution in [0, 0.1) is 11.6 Å². The molecule has 2 aromatic heterocycles. The quantitative estimate of drug-likeness (QED) is 0.114. The van der Waals surface area contributed by atoms with Gasteiger partial charge in [0.2, 0.25) is 0 Å². The Bertz CT molecular complexity index is 1860. The van der Waals surface area contributed by atoms with Gasteiger partial charge in [0.05, 0.1) is 18.3 Å². The minimum atomic E-state index is -0.766. The van der Waals surface area contributed by atoms with E-state index in [2.05, 4.69) is 51.0 Å². The number of benzene rings is 3. The lowest BCUT2D eigenvalue weighted by atomic mass is 10.1. The minimum absolute atomic E-state index is 0.0898. The number of hydrogen-bond acceptors (Lipinski definition) is 9. The number of halogens is 2. The molecule has 1 aliphatic rings. The average Bonchev–Trinajstić information content (AvgIpc) is 3.82. The summed E-state index contributed by atoms with van der Waals surface area (Å²) in [6.07, 6.45) is 6.84. The van der Waals surface area contributed by atoms with E-state index in [9.17, 15) is 13.6 Å². The highest BCUT2D eigenvalue weighted by atomic mass is 19.1. The maximum Gasteiger partial charge on any atom is 0.350 e. The first-order valence-corrected chi connectivity index (χ1v) is 17.4. The summed E-state index contributed by atoms with van der Waals surface area (Å²) in [6, 6.07) is 19.6. The van der Waals surface area contributed by atoms with Crippen molar-refractivity contribution in [2.45, 2.75) is 58.6 Å². The fourth-order valence-corrected chi connectivity index (χ4v) is 6.17. The van der Waals surface area contributed by atoms with Gasteiger partial charge in [0.15, 0.2) is 6.29 Å². The molecule has 2 atom stereocenters. The number of aromatic nitrogens is 6. The molecule has 0 N–H and O–H groups in total. The van der Waals surface area contributed by atoms with Crippen molar-refractivity contribution in [2.24, 2.45) is 0 Å². The number of ether oxygens (including phenoxy) is 3. The molecule has 0 unspecified atom stereocenters. The Kier molecular flexibility index (Phi) is 12.1. The van der Waals surface area contributed by atoms with Crippen molar-refractivity contribution in [1.82, 2.24) is 29.1 Å². The lowest BCUT2D eigenvalue weighted by Crippen LogP contribution is -2.46. The summed E-state index contributed by atoms with van der Waals surface area (Å²) in [5.41, 5.74) is 3.27. The molecule has 0 aliphatic carbocycles. The van der Waals surface area contributed by atoms with Gasteiger partial charge in [0, 0.05) is 43.6 Å². The van der Waals surface area contributed by atoms with E-state index in [-0.39, 0.29) is 38.1 Å². The van der Waals surface area contributed by atoms with Crippen LogP contribution < -0.4 is 20.2 Å². The van der Waals surface area contributed by atoms with Crippen LogP contribution in [0.15, 0.2) is 90.5 Å². The zero-order valence-corrected chi connectivity index (χ0v) is 29.0. The Morgan fingerprint density at radius 2 is 1.51 bits per heavy atom. The summed E-state index contributed by atoms with van der Waals surface area (Å²) in [5.74, 6) is -0.583. The maximum atomic E-state index is 14.1. The van der Waals surface area contributed by atoms with Crippen molar-refractivity contribution in [3.05, 3.63) is 113 Å². The summed E-state index contributed by atoms with van der Waals surface area (Å²) in [5, 5.41) is 8.44. The standard InChI is InChI=1S/C37H44F2N8O4/c1-3-5-30(4-2)47-37(48)46(26-42-47)33-10-8-31(9-11-33)43-17-19-44(20-18-43)32-12-14-34(15-13-32)50-23-36(51-27-45-25-40-24-41-45)49-21-16-28-6-7-29(38)22-35(28)39/h6-15,22,24-26,30,36H,3-5,16-21,23,27H2,1-2H3/t30-,36+/m1/s1. The Labute approximate surface area is 295 Å². The minimum Gasteiger partial charge on any atom is -0.488 e. The van der Waals surface area contributed by atoms with Crippen molar-refractivity contribution in [1.29, 1.82) is 0 Å². The predicted molar refractivity (Wildman–Crippen MR) is 189 cm³/mol. The Balaban J connectivity index is 0.991. The molecule has 0 bridgehead atoms. The van der Waals surface area contributed by atoms with Gasteiger partial charge in [-0.1, -0.05) is 26.3 Å². The molecule has 5 aromatic rings. The molecule has 0 amide bonds. The van der Waals surface area contributed by atoms with E-state index in [1.807, 2.05) is 36.4 Å². The van der Waals surface area contributed by atoms with Crippen LogP contribution in [-0.2, 0) is 22.6 Å². The van der Waals surface area contributed by atoms with E-state index >= 15 is 0 Å². The first kappa shape index (κ1) is 35.7. The third kappa shape index (κ3) is 9.18. The summed E-state index contributed by atoms with van der Waals surface area (Å²) in [6.45, 7) is 7.96. The fourth-order valence-electron chi connectivity index (χ4n) is 6.17. The second-order valence-electron chi connectivity index (χ2n) is 12.4. The van der Waals surface area contributed by atoms with Crippen LogP contribution in [0.25, 0.3) is 5.69 Å². The first-order chi connectivity index (χ1) is 24.9. The van der Waals surface area contributed by atoms with E-state index < -0.39 is 17.9 Å². The number of nitrogens with zero attached hydrogens (tertiary/aromatic N) is 8. The maximum absolute atomic E-state index is 14.1. The largest absolute Gasteiger partial charge is 0.488 e.